The number of likely N-dealkylation sites (tertiary alicyclic amines) is 1. The van der Waals surface area contributed by atoms with Crippen LogP contribution in [0.15, 0.2) is 42.6 Å². The first-order valence-electron chi connectivity index (χ1n) is 10.5. The third-order valence-electron chi connectivity index (χ3n) is 5.57. The monoisotopic (exact) mass is 419 g/mol. The van der Waals surface area contributed by atoms with Crippen LogP contribution in [0, 0.1) is 17.1 Å². The molecule has 1 aliphatic rings. The van der Waals surface area contributed by atoms with Crippen molar-refractivity contribution < 1.29 is 9.13 Å². The highest BCUT2D eigenvalue weighted by Gasteiger charge is 2.28. The zero-order valence-electron chi connectivity index (χ0n) is 18.0. The predicted molar refractivity (Wildman–Crippen MR) is 119 cm³/mol. The van der Waals surface area contributed by atoms with Gasteiger partial charge in [0.2, 0.25) is 5.95 Å². The van der Waals surface area contributed by atoms with Crippen LogP contribution in [0.25, 0.3) is 10.9 Å². The summed E-state index contributed by atoms with van der Waals surface area (Å²) in [6, 6.07) is 11.9. The Balaban J connectivity index is 1.55. The Morgan fingerprint density at radius 2 is 1.97 bits per heavy atom. The van der Waals surface area contributed by atoms with Crippen molar-refractivity contribution in [1.82, 2.24) is 14.9 Å². The molecule has 3 aromatic rings. The Bertz CT molecular complexity index is 1130. The minimum Gasteiger partial charge on any atom is -0.489 e. The maximum Gasteiger partial charge on any atom is 0.227 e. The van der Waals surface area contributed by atoms with Crippen molar-refractivity contribution >= 4 is 22.5 Å². The van der Waals surface area contributed by atoms with Gasteiger partial charge >= 0.3 is 0 Å². The molecule has 0 atom stereocenters. The summed E-state index contributed by atoms with van der Waals surface area (Å²) >= 11 is 0. The van der Waals surface area contributed by atoms with Gasteiger partial charge in [-0.25, -0.2) is 14.4 Å². The van der Waals surface area contributed by atoms with E-state index >= 15 is 0 Å². The van der Waals surface area contributed by atoms with Gasteiger partial charge in [0.15, 0.2) is 0 Å². The van der Waals surface area contributed by atoms with Crippen molar-refractivity contribution in [1.29, 1.82) is 5.26 Å². The molecule has 160 valence electrons. The third kappa shape index (κ3) is 4.92. The number of nitrogens with zero attached hydrogens (tertiary/aromatic N) is 4. The predicted octanol–water partition coefficient (Wildman–Crippen LogP) is 5.03. The lowest BCUT2D eigenvalue weighted by Gasteiger charge is -2.40. The molecule has 1 N–H and O–H groups in total. The fourth-order valence-electron chi connectivity index (χ4n) is 3.82. The molecule has 1 aliphatic heterocycles. The van der Waals surface area contributed by atoms with Crippen molar-refractivity contribution in [2.75, 3.05) is 18.4 Å². The normalized spacial score (nSPS) is 15.6. The molecule has 4 rings (SSSR count). The van der Waals surface area contributed by atoms with Crippen LogP contribution in [0.4, 0.5) is 16.0 Å². The van der Waals surface area contributed by atoms with Crippen LogP contribution in [0.2, 0.25) is 0 Å². The molecule has 0 unspecified atom stereocenters. The number of hydrogen-bond acceptors (Lipinski definition) is 6. The quantitative estimate of drug-likeness (QED) is 0.640. The van der Waals surface area contributed by atoms with Crippen molar-refractivity contribution in [2.45, 2.75) is 45.3 Å². The van der Waals surface area contributed by atoms with Gasteiger partial charge in [0.1, 0.15) is 23.7 Å². The number of rotatable bonds is 4. The lowest BCUT2D eigenvalue weighted by Crippen LogP contribution is -2.48. The van der Waals surface area contributed by atoms with Gasteiger partial charge < -0.3 is 10.1 Å². The Hall–Kier alpha value is -3.24. The molecule has 0 bridgehead atoms. The molecule has 0 spiro atoms. The van der Waals surface area contributed by atoms with E-state index in [9.17, 15) is 9.65 Å². The number of piperidine rings is 1. The van der Waals surface area contributed by atoms with Crippen LogP contribution < -0.4 is 10.1 Å². The fourth-order valence-corrected chi connectivity index (χ4v) is 3.82. The largest absolute Gasteiger partial charge is 0.489 e. The molecule has 2 aromatic carbocycles. The van der Waals surface area contributed by atoms with Crippen molar-refractivity contribution in [3.63, 3.8) is 0 Å². The number of halogens is 1. The van der Waals surface area contributed by atoms with E-state index in [1.807, 2.05) is 0 Å². The fraction of sp³-hybridized carbons (Fsp3) is 0.375. The van der Waals surface area contributed by atoms with E-state index in [-0.39, 0.29) is 17.5 Å². The van der Waals surface area contributed by atoms with E-state index in [0.29, 0.717) is 28.5 Å². The van der Waals surface area contributed by atoms with Crippen LogP contribution >= 0.6 is 0 Å². The van der Waals surface area contributed by atoms with E-state index in [1.54, 1.807) is 30.5 Å². The first-order chi connectivity index (χ1) is 14.8. The third-order valence-corrected chi connectivity index (χ3v) is 5.57. The molecular weight excluding hydrogens is 393 g/mol. The highest BCUT2D eigenvalue weighted by molar-refractivity contribution is 5.83. The maximum atomic E-state index is 13.4. The Morgan fingerprint density at radius 1 is 1.19 bits per heavy atom. The number of hydrogen-bond donors (Lipinski definition) is 1. The van der Waals surface area contributed by atoms with Gasteiger partial charge in [0.05, 0.1) is 11.1 Å². The van der Waals surface area contributed by atoms with Crippen LogP contribution in [0.1, 0.15) is 39.2 Å². The van der Waals surface area contributed by atoms with Gasteiger partial charge in [-0.2, -0.15) is 5.26 Å². The Morgan fingerprint density at radius 3 is 2.65 bits per heavy atom. The number of nitriles is 1. The summed E-state index contributed by atoms with van der Waals surface area (Å²) in [5.74, 6) is 0.560. The van der Waals surface area contributed by atoms with Gasteiger partial charge in [-0.05, 0) is 57.9 Å². The second-order valence-electron chi connectivity index (χ2n) is 8.82. The SMILES string of the molecule is CC(C)(C)N1CCC(Oc2cc3nc(Nc4cccc(F)c4)ncc3cc2C#N)CC1. The summed E-state index contributed by atoms with van der Waals surface area (Å²) in [7, 11) is 0. The van der Waals surface area contributed by atoms with Crippen LogP contribution in [-0.2, 0) is 0 Å². The van der Waals surface area contributed by atoms with Crippen molar-refractivity contribution in [3.8, 4) is 11.8 Å². The summed E-state index contributed by atoms with van der Waals surface area (Å²) < 4.78 is 19.7. The number of benzene rings is 2. The maximum absolute atomic E-state index is 13.4. The molecular formula is C24H26FN5O. The molecule has 1 saturated heterocycles. The average molecular weight is 420 g/mol. The van der Waals surface area contributed by atoms with E-state index in [2.05, 4.69) is 47.0 Å². The zero-order valence-corrected chi connectivity index (χ0v) is 18.0. The molecule has 31 heavy (non-hydrogen) atoms. The van der Waals surface area contributed by atoms with Gasteiger partial charge in [-0.1, -0.05) is 6.07 Å². The molecule has 7 heteroatoms. The number of aromatic nitrogens is 2. The second kappa shape index (κ2) is 8.48. The highest BCUT2D eigenvalue weighted by atomic mass is 19.1. The molecule has 1 fully saturated rings. The number of fused-ring (bicyclic) bond motifs is 1. The summed E-state index contributed by atoms with van der Waals surface area (Å²) in [5.41, 5.74) is 1.85. The standard InChI is InChI=1S/C24H26FN5O/c1-24(2,3)30-9-7-20(8-10-30)31-22-13-21-17(11-16(22)14-26)15-27-23(29-21)28-19-6-4-5-18(25)12-19/h4-6,11-13,15,20H,7-10H2,1-3H3,(H,27,28,29). The van der Waals surface area contributed by atoms with E-state index < -0.39 is 0 Å². The molecule has 6 nitrogen and oxygen atoms in total. The summed E-state index contributed by atoms with van der Waals surface area (Å²) in [6.45, 7) is 8.60. The van der Waals surface area contributed by atoms with Crippen LogP contribution in [0.3, 0.4) is 0 Å². The molecule has 0 radical (unpaired) electrons. The topological polar surface area (TPSA) is 74.1 Å². The minimum absolute atomic E-state index is 0.0647. The number of anilines is 2. The molecule has 0 saturated carbocycles. The minimum atomic E-state index is -0.336. The average Bonchev–Trinajstić information content (AvgIpc) is 2.73. The van der Waals surface area contributed by atoms with Gasteiger partial charge in [-0.3, -0.25) is 4.90 Å². The number of ether oxygens (including phenoxy) is 1. The lowest BCUT2D eigenvalue weighted by molar-refractivity contribution is 0.0491. The van der Waals surface area contributed by atoms with Gasteiger partial charge in [0.25, 0.3) is 0 Å². The van der Waals surface area contributed by atoms with E-state index in [4.69, 9.17) is 4.74 Å². The molecule has 0 amide bonds. The first kappa shape index (κ1) is 21.0. The summed E-state index contributed by atoms with van der Waals surface area (Å²) in [6.07, 6.45) is 3.54. The van der Waals surface area contributed by atoms with Crippen LogP contribution in [-0.4, -0.2) is 39.6 Å². The van der Waals surface area contributed by atoms with Gasteiger partial charge in [0, 0.05) is 42.0 Å². The summed E-state index contributed by atoms with van der Waals surface area (Å²) in [5, 5.41) is 13.4. The summed E-state index contributed by atoms with van der Waals surface area (Å²) in [4.78, 5) is 11.3. The van der Waals surface area contributed by atoms with Crippen molar-refractivity contribution in [2.24, 2.45) is 0 Å². The highest BCUT2D eigenvalue weighted by Crippen LogP contribution is 2.29. The van der Waals surface area contributed by atoms with Crippen molar-refractivity contribution in [3.05, 3.63) is 54.0 Å². The van der Waals surface area contributed by atoms with Gasteiger partial charge in [-0.15, -0.1) is 0 Å². The first-order valence-corrected chi connectivity index (χ1v) is 10.5. The smallest absolute Gasteiger partial charge is 0.227 e. The lowest BCUT2D eigenvalue weighted by atomic mass is 9.99. The van der Waals surface area contributed by atoms with E-state index in [1.165, 1.54) is 12.1 Å². The molecule has 1 aromatic heterocycles. The Labute approximate surface area is 181 Å². The van der Waals surface area contributed by atoms with Crippen LogP contribution in [0.5, 0.6) is 5.75 Å². The second-order valence-corrected chi connectivity index (χ2v) is 8.82. The number of nitrogens with one attached hydrogen (secondary N) is 1. The molecule has 2 heterocycles. The Kier molecular flexibility index (Phi) is 5.75. The molecule has 0 aliphatic carbocycles. The van der Waals surface area contributed by atoms with E-state index in [0.717, 1.165) is 31.3 Å². The zero-order chi connectivity index (χ0) is 22.0.